The third-order valence-corrected chi connectivity index (χ3v) is 9.67. The second-order valence-electron chi connectivity index (χ2n) is 10.7. The molecule has 0 saturated carbocycles. The lowest BCUT2D eigenvalue weighted by Gasteiger charge is -2.22. The number of thioether (sulfide) groups is 1. The molecule has 3 aromatic carbocycles. The average molecular weight is 667 g/mol. The number of ether oxygens (including phenoxy) is 2. The first-order valence-electron chi connectivity index (χ1n) is 15.1. The van der Waals surface area contributed by atoms with Gasteiger partial charge in [-0.3, -0.25) is 9.59 Å². The molecule has 2 aromatic heterocycles. The van der Waals surface area contributed by atoms with Crippen molar-refractivity contribution >= 4 is 40.6 Å². The lowest BCUT2D eigenvalue weighted by molar-refractivity contribution is -0.130. The molecule has 240 valence electrons. The van der Waals surface area contributed by atoms with E-state index in [2.05, 4.69) is 27.6 Å². The third-order valence-electron chi connectivity index (χ3n) is 7.80. The number of benzene rings is 3. The van der Waals surface area contributed by atoms with Crippen LogP contribution in [0.15, 0.2) is 107 Å². The summed E-state index contributed by atoms with van der Waals surface area (Å²) >= 11 is 2.93. The van der Waals surface area contributed by atoms with Crippen LogP contribution >= 0.6 is 23.1 Å². The van der Waals surface area contributed by atoms with E-state index in [0.717, 1.165) is 33.9 Å². The molecule has 3 heterocycles. The van der Waals surface area contributed by atoms with Gasteiger partial charge in [-0.1, -0.05) is 66.4 Å². The molecule has 0 radical (unpaired) electrons. The quantitative estimate of drug-likeness (QED) is 0.154. The summed E-state index contributed by atoms with van der Waals surface area (Å²) < 4.78 is 12.6. The molecule has 0 spiro atoms. The molecule has 1 unspecified atom stereocenters. The van der Waals surface area contributed by atoms with Crippen molar-refractivity contribution in [2.24, 2.45) is 5.10 Å². The number of carbonyl (C=O) groups excluding carboxylic acids is 2. The minimum atomic E-state index is -0.246. The molecule has 1 aliphatic heterocycles. The van der Waals surface area contributed by atoms with Crippen LogP contribution in [0, 0.1) is 0 Å². The number of hydrogen-bond donors (Lipinski definition) is 1. The SMILES string of the molecule is COc1ccc(C2CC(c3cccs3)=NN2C(=O)CSc2nnc(CNC(=O)c3cccc(OC)c3)n2CCc2ccccc2)cc1. The summed E-state index contributed by atoms with van der Waals surface area (Å²) in [6, 6.07) is 28.7. The number of nitrogens with one attached hydrogen (secondary N) is 1. The predicted molar refractivity (Wildman–Crippen MR) is 183 cm³/mol. The molecule has 12 heteroatoms. The summed E-state index contributed by atoms with van der Waals surface area (Å²) in [6.07, 6.45) is 1.35. The van der Waals surface area contributed by atoms with Gasteiger partial charge in [-0.05, 0) is 59.3 Å². The van der Waals surface area contributed by atoms with Crippen LogP contribution in [0.5, 0.6) is 11.5 Å². The van der Waals surface area contributed by atoms with Crippen molar-refractivity contribution in [3.8, 4) is 11.5 Å². The maximum Gasteiger partial charge on any atom is 0.253 e. The van der Waals surface area contributed by atoms with E-state index < -0.39 is 0 Å². The number of nitrogens with zero attached hydrogens (tertiary/aromatic N) is 5. The molecular formula is C35H34N6O4S2. The number of thiophene rings is 1. The zero-order valence-electron chi connectivity index (χ0n) is 26.0. The number of hydrazone groups is 1. The largest absolute Gasteiger partial charge is 0.497 e. The summed E-state index contributed by atoms with van der Waals surface area (Å²) in [5.74, 6) is 1.70. The summed E-state index contributed by atoms with van der Waals surface area (Å²) in [6.45, 7) is 0.753. The van der Waals surface area contributed by atoms with Gasteiger partial charge in [0.15, 0.2) is 11.0 Å². The Kier molecular flexibility index (Phi) is 10.3. The molecule has 47 heavy (non-hydrogen) atoms. The predicted octanol–water partition coefficient (Wildman–Crippen LogP) is 6.00. The number of hydrogen-bond acceptors (Lipinski definition) is 9. The number of aryl methyl sites for hydroxylation is 1. The van der Waals surface area contributed by atoms with Crippen LogP contribution in [-0.2, 0) is 24.3 Å². The molecule has 0 saturated heterocycles. The molecule has 0 fully saturated rings. The van der Waals surface area contributed by atoms with Crippen LogP contribution in [0.4, 0.5) is 0 Å². The maximum atomic E-state index is 13.8. The molecule has 2 amide bonds. The van der Waals surface area contributed by atoms with Crippen LogP contribution in [0.25, 0.3) is 0 Å². The van der Waals surface area contributed by atoms with Gasteiger partial charge >= 0.3 is 0 Å². The van der Waals surface area contributed by atoms with E-state index in [1.807, 2.05) is 64.5 Å². The Hall–Kier alpha value is -4.94. The number of aromatic nitrogens is 3. The highest BCUT2D eigenvalue weighted by atomic mass is 32.2. The monoisotopic (exact) mass is 666 g/mol. The fraction of sp³-hybridized carbons (Fsp3) is 0.229. The van der Waals surface area contributed by atoms with E-state index in [4.69, 9.17) is 14.6 Å². The standard InChI is InChI=1S/C35H34N6O4S2/c1-44-27-15-13-25(14-16-27)30-21-29(31-12-7-19-46-31)39-41(30)33(42)23-47-35-38-37-32(40(35)18-17-24-8-4-3-5-9-24)22-36-34(43)26-10-6-11-28(20-26)45-2/h3-16,19-20,30H,17-18,21-23H2,1-2H3,(H,36,43). The lowest BCUT2D eigenvalue weighted by Crippen LogP contribution is -2.28. The van der Waals surface area contributed by atoms with Crippen molar-refractivity contribution in [1.29, 1.82) is 0 Å². The Labute approximate surface area is 281 Å². The van der Waals surface area contributed by atoms with E-state index in [1.165, 1.54) is 11.8 Å². The van der Waals surface area contributed by atoms with Gasteiger partial charge in [-0.2, -0.15) is 5.10 Å². The van der Waals surface area contributed by atoms with Gasteiger partial charge in [0.05, 0.1) is 43.1 Å². The Balaban J connectivity index is 1.19. The number of amides is 2. The van der Waals surface area contributed by atoms with Crippen molar-refractivity contribution in [2.75, 3.05) is 20.0 Å². The molecule has 10 nitrogen and oxygen atoms in total. The fourth-order valence-electron chi connectivity index (χ4n) is 5.30. The first kappa shape index (κ1) is 32.0. The highest BCUT2D eigenvalue weighted by molar-refractivity contribution is 7.99. The van der Waals surface area contributed by atoms with Crippen LogP contribution in [0.3, 0.4) is 0 Å². The van der Waals surface area contributed by atoms with Gasteiger partial charge in [0.2, 0.25) is 0 Å². The van der Waals surface area contributed by atoms with Gasteiger partial charge in [0, 0.05) is 18.5 Å². The van der Waals surface area contributed by atoms with E-state index in [-0.39, 0.29) is 30.2 Å². The minimum Gasteiger partial charge on any atom is -0.497 e. The maximum absolute atomic E-state index is 13.8. The molecule has 0 aliphatic carbocycles. The first-order chi connectivity index (χ1) is 23.0. The molecule has 1 aliphatic rings. The second-order valence-corrected chi connectivity index (χ2v) is 12.6. The molecule has 5 aromatic rings. The van der Waals surface area contributed by atoms with Gasteiger partial charge in [-0.15, -0.1) is 21.5 Å². The van der Waals surface area contributed by atoms with Crippen LogP contribution in [-0.4, -0.2) is 57.3 Å². The summed E-state index contributed by atoms with van der Waals surface area (Å²) in [4.78, 5) is 27.8. The third kappa shape index (κ3) is 7.72. The number of rotatable bonds is 13. The summed E-state index contributed by atoms with van der Waals surface area (Å²) in [5, 5.41) is 20.8. The lowest BCUT2D eigenvalue weighted by atomic mass is 10.0. The van der Waals surface area contributed by atoms with Crippen molar-refractivity contribution in [3.05, 3.63) is 124 Å². The Morgan fingerprint density at radius 1 is 0.936 bits per heavy atom. The molecule has 0 bridgehead atoms. The van der Waals surface area contributed by atoms with E-state index in [9.17, 15) is 9.59 Å². The zero-order valence-corrected chi connectivity index (χ0v) is 27.7. The van der Waals surface area contributed by atoms with Crippen LogP contribution in [0.2, 0.25) is 0 Å². The molecule has 6 rings (SSSR count). The number of methoxy groups -OCH3 is 2. The Morgan fingerprint density at radius 3 is 2.49 bits per heavy atom. The van der Waals surface area contributed by atoms with E-state index in [1.54, 1.807) is 54.8 Å². The average Bonchev–Trinajstić information content (AvgIpc) is 3.90. The zero-order chi connectivity index (χ0) is 32.6. The Bertz CT molecular complexity index is 1840. The molecule has 1 atom stereocenters. The number of carbonyl (C=O) groups is 2. The smallest absolute Gasteiger partial charge is 0.253 e. The topological polar surface area (TPSA) is 111 Å². The van der Waals surface area contributed by atoms with E-state index >= 15 is 0 Å². The summed E-state index contributed by atoms with van der Waals surface area (Å²) in [5.41, 5.74) is 3.52. The van der Waals surface area contributed by atoms with Gasteiger partial charge in [0.25, 0.3) is 11.8 Å². The van der Waals surface area contributed by atoms with Crippen LogP contribution < -0.4 is 14.8 Å². The normalized spacial score (nSPS) is 14.1. The Morgan fingerprint density at radius 2 is 1.74 bits per heavy atom. The van der Waals surface area contributed by atoms with Crippen molar-refractivity contribution in [2.45, 2.75) is 37.1 Å². The van der Waals surface area contributed by atoms with Crippen molar-refractivity contribution in [1.82, 2.24) is 25.1 Å². The van der Waals surface area contributed by atoms with E-state index in [0.29, 0.717) is 35.3 Å². The molecular weight excluding hydrogens is 633 g/mol. The van der Waals surface area contributed by atoms with Crippen molar-refractivity contribution < 1.29 is 19.1 Å². The van der Waals surface area contributed by atoms with Gasteiger partial charge in [0.1, 0.15) is 11.5 Å². The highest BCUT2D eigenvalue weighted by Gasteiger charge is 2.33. The minimum absolute atomic E-state index is 0.119. The van der Waals surface area contributed by atoms with Crippen LogP contribution in [0.1, 0.15) is 44.6 Å². The van der Waals surface area contributed by atoms with Gasteiger partial charge < -0.3 is 19.4 Å². The fourth-order valence-corrected chi connectivity index (χ4v) is 6.86. The first-order valence-corrected chi connectivity index (χ1v) is 17.0. The summed E-state index contributed by atoms with van der Waals surface area (Å²) in [7, 11) is 3.20. The van der Waals surface area contributed by atoms with Gasteiger partial charge in [-0.25, -0.2) is 5.01 Å². The second kappa shape index (κ2) is 15.1. The van der Waals surface area contributed by atoms with Crippen molar-refractivity contribution in [3.63, 3.8) is 0 Å². The highest BCUT2D eigenvalue weighted by Crippen LogP contribution is 2.35. The molecule has 1 N–H and O–H groups in total.